The van der Waals surface area contributed by atoms with Crippen molar-refractivity contribution in [2.45, 2.75) is 6.18 Å². The molecule has 2 nitrogen and oxygen atoms in total. The van der Waals surface area contributed by atoms with Gasteiger partial charge in [-0.1, -0.05) is 34.8 Å². The van der Waals surface area contributed by atoms with Gasteiger partial charge >= 0.3 is 6.18 Å². The van der Waals surface area contributed by atoms with Gasteiger partial charge < -0.3 is 4.74 Å². The lowest BCUT2D eigenvalue weighted by molar-refractivity contribution is -0.142. The lowest BCUT2D eigenvalue weighted by Gasteiger charge is -2.15. The summed E-state index contributed by atoms with van der Waals surface area (Å²) in [7, 11) is 1.13. The Bertz CT molecular complexity index is 689. The Hall–Kier alpha value is -1.17. The molecule has 1 heterocycles. The van der Waals surface area contributed by atoms with Crippen LogP contribution in [0.5, 0.6) is 5.75 Å². The number of rotatable bonds is 2. The van der Waals surface area contributed by atoms with Crippen molar-refractivity contribution in [1.29, 1.82) is 0 Å². The molecule has 0 N–H and O–H groups in total. The second-order valence-corrected chi connectivity index (χ2v) is 5.21. The molecule has 0 atom stereocenters. The summed E-state index contributed by atoms with van der Waals surface area (Å²) >= 11 is 17.7. The molecule has 0 aliphatic carbocycles. The molecular formula is C13H7Cl3F3NO. The van der Waals surface area contributed by atoms with Gasteiger partial charge in [-0.15, -0.1) is 0 Å². The van der Waals surface area contributed by atoms with E-state index in [0.29, 0.717) is 0 Å². The zero-order valence-electron chi connectivity index (χ0n) is 10.4. The van der Waals surface area contributed by atoms with E-state index in [1.165, 1.54) is 18.2 Å². The SMILES string of the molecule is COc1c(-c2cc(Cl)c(Cl)cc2Cl)ccnc1C(F)(F)F. The third kappa shape index (κ3) is 3.20. The van der Waals surface area contributed by atoms with Gasteiger partial charge in [-0.25, -0.2) is 4.98 Å². The highest BCUT2D eigenvalue weighted by Crippen LogP contribution is 2.43. The first-order valence-electron chi connectivity index (χ1n) is 5.50. The van der Waals surface area contributed by atoms with E-state index in [4.69, 9.17) is 39.5 Å². The van der Waals surface area contributed by atoms with E-state index in [2.05, 4.69) is 4.98 Å². The Balaban J connectivity index is 2.73. The van der Waals surface area contributed by atoms with Gasteiger partial charge in [-0.05, 0) is 18.2 Å². The largest absolute Gasteiger partial charge is 0.494 e. The fourth-order valence-electron chi connectivity index (χ4n) is 1.80. The van der Waals surface area contributed by atoms with Gasteiger partial charge in [-0.3, -0.25) is 0 Å². The minimum Gasteiger partial charge on any atom is -0.494 e. The molecule has 8 heteroatoms. The summed E-state index contributed by atoms with van der Waals surface area (Å²) < 4.78 is 43.7. The van der Waals surface area contributed by atoms with E-state index in [-0.39, 0.29) is 26.2 Å². The summed E-state index contributed by atoms with van der Waals surface area (Å²) in [5.74, 6) is -0.426. The molecule has 0 aliphatic heterocycles. The Morgan fingerprint density at radius 1 is 1.00 bits per heavy atom. The molecule has 0 unspecified atom stereocenters. The van der Waals surface area contributed by atoms with Crippen LogP contribution >= 0.6 is 34.8 Å². The molecule has 21 heavy (non-hydrogen) atoms. The number of nitrogens with zero attached hydrogens (tertiary/aromatic N) is 1. The molecule has 0 aliphatic rings. The van der Waals surface area contributed by atoms with Crippen LogP contribution in [0.3, 0.4) is 0 Å². The molecule has 0 saturated heterocycles. The predicted molar refractivity (Wildman–Crippen MR) is 76.3 cm³/mol. The van der Waals surface area contributed by atoms with Crippen LogP contribution in [0.1, 0.15) is 5.69 Å². The van der Waals surface area contributed by atoms with Gasteiger partial charge in [0.05, 0.1) is 22.2 Å². The number of pyridine rings is 1. The number of ether oxygens (including phenoxy) is 1. The molecule has 2 rings (SSSR count). The van der Waals surface area contributed by atoms with Crippen LogP contribution in [0.4, 0.5) is 13.2 Å². The fraction of sp³-hybridized carbons (Fsp3) is 0.154. The van der Waals surface area contributed by atoms with Crippen molar-refractivity contribution in [2.75, 3.05) is 7.11 Å². The van der Waals surface area contributed by atoms with E-state index >= 15 is 0 Å². The van der Waals surface area contributed by atoms with Crippen LogP contribution in [0.2, 0.25) is 15.1 Å². The molecule has 0 spiro atoms. The summed E-state index contributed by atoms with van der Waals surface area (Å²) in [4.78, 5) is 3.32. The zero-order valence-corrected chi connectivity index (χ0v) is 12.7. The minimum absolute atomic E-state index is 0.128. The van der Waals surface area contributed by atoms with Gasteiger partial charge in [0.25, 0.3) is 0 Å². The quantitative estimate of drug-likeness (QED) is 0.640. The van der Waals surface area contributed by atoms with E-state index in [1.54, 1.807) is 0 Å². The molecule has 0 amide bonds. The summed E-state index contributed by atoms with van der Waals surface area (Å²) in [5.41, 5.74) is -0.733. The zero-order chi connectivity index (χ0) is 15.8. The van der Waals surface area contributed by atoms with Crippen LogP contribution in [0, 0.1) is 0 Å². The second kappa shape index (κ2) is 5.91. The Morgan fingerprint density at radius 2 is 1.62 bits per heavy atom. The van der Waals surface area contributed by atoms with Gasteiger partial charge in [0.15, 0.2) is 11.4 Å². The molecular weight excluding hydrogens is 350 g/mol. The summed E-state index contributed by atoms with van der Waals surface area (Å²) in [6.45, 7) is 0. The smallest absolute Gasteiger partial charge is 0.437 e. The number of hydrogen-bond acceptors (Lipinski definition) is 2. The molecule has 112 valence electrons. The Labute approximate surface area is 133 Å². The van der Waals surface area contributed by atoms with Gasteiger partial charge in [0.2, 0.25) is 0 Å². The molecule has 0 bridgehead atoms. The number of methoxy groups -OCH3 is 1. The predicted octanol–water partition coefficient (Wildman–Crippen LogP) is 5.74. The number of benzene rings is 1. The van der Waals surface area contributed by atoms with Crippen molar-refractivity contribution in [3.8, 4) is 16.9 Å². The summed E-state index contributed by atoms with van der Waals surface area (Å²) in [6.07, 6.45) is -3.62. The van der Waals surface area contributed by atoms with E-state index in [1.807, 2.05) is 0 Å². The molecule has 0 fully saturated rings. The highest BCUT2D eigenvalue weighted by atomic mass is 35.5. The van der Waals surface area contributed by atoms with Crippen LogP contribution in [-0.4, -0.2) is 12.1 Å². The highest BCUT2D eigenvalue weighted by Gasteiger charge is 2.37. The molecule has 2 aromatic rings. The van der Waals surface area contributed by atoms with Crippen molar-refractivity contribution in [3.05, 3.63) is 45.2 Å². The van der Waals surface area contributed by atoms with Crippen molar-refractivity contribution >= 4 is 34.8 Å². The van der Waals surface area contributed by atoms with E-state index < -0.39 is 17.6 Å². The number of aromatic nitrogens is 1. The third-order valence-electron chi connectivity index (χ3n) is 2.68. The summed E-state index contributed by atoms with van der Waals surface area (Å²) in [5, 5.41) is 0.528. The monoisotopic (exact) mass is 355 g/mol. The first-order chi connectivity index (χ1) is 9.75. The second-order valence-electron chi connectivity index (χ2n) is 3.98. The van der Waals surface area contributed by atoms with Crippen molar-refractivity contribution < 1.29 is 17.9 Å². The van der Waals surface area contributed by atoms with Crippen molar-refractivity contribution in [3.63, 3.8) is 0 Å². The van der Waals surface area contributed by atoms with Crippen molar-refractivity contribution in [1.82, 2.24) is 4.98 Å². The average Bonchev–Trinajstić information content (AvgIpc) is 2.41. The number of alkyl halides is 3. The van der Waals surface area contributed by atoms with Crippen LogP contribution in [0.15, 0.2) is 24.4 Å². The Kier molecular flexibility index (Phi) is 4.56. The van der Waals surface area contributed by atoms with Crippen molar-refractivity contribution in [2.24, 2.45) is 0 Å². The number of halogens is 6. The van der Waals surface area contributed by atoms with Crippen LogP contribution < -0.4 is 4.74 Å². The van der Waals surface area contributed by atoms with Crippen LogP contribution in [-0.2, 0) is 6.18 Å². The minimum atomic E-state index is -4.65. The van der Waals surface area contributed by atoms with Gasteiger partial charge in [-0.2, -0.15) is 13.2 Å². The van der Waals surface area contributed by atoms with Gasteiger partial charge in [0, 0.05) is 17.3 Å². The van der Waals surface area contributed by atoms with E-state index in [0.717, 1.165) is 13.3 Å². The first-order valence-corrected chi connectivity index (χ1v) is 6.64. The maximum absolute atomic E-state index is 13.0. The average molecular weight is 357 g/mol. The normalized spacial score (nSPS) is 11.6. The highest BCUT2D eigenvalue weighted by molar-refractivity contribution is 6.44. The molecule has 0 radical (unpaired) electrons. The molecule has 1 aromatic heterocycles. The lowest BCUT2D eigenvalue weighted by atomic mass is 10.0. The maximum atomic E-state index is 13.0. The van der Waals surface area contributed by atoms with E-state index in [9.17, 15) is 13.2 Å². The number of hydrogen-bond donors (Lipinski definition) is 0. The topological polar surface area (TPSA) is 22.1 Å². The van der Waals surface area contributed by atoms with Crippen LogP contribution in [0.25, 0.3) is 11.1 Å². The fourth-order valence-corrected chi connectivity index (χ4v) is 2.45. The molecule has 0 saturated carbocycles. The summed E-state index contributed by atoms with van der Waals surface area (Å²) in [6, 6.07) is 4.09. The molecule has 1 aromatic carbocycles. The third-order valence-corrected chi connectivity index (χ3v) is 3.71. The lowest BCUT2D eigenvalue weighted by Crippen LogP contribution is -2.10. The maximum Gasteiger partial charge on any atom is 0.437 e. The standard InChI is InChI=1S/C13H7Cl3F3NO/c1-21-11-6(2-3-20-12(11)13(17,18)19)7-4-9(15)10(16)5-8(7)14/h2-5H,1H3. The Morgan fingerprint density at radius 3 is 2.19 bits per heavy atom. The van der Waals surface area contributed by atoms with Gasteiger partial charge in [0.1, 0.15) is 0 Å². The first kappa shape index (κ1) is 16.2.